The van der Waals surface area contributed by atoms with Crippen molar-refractivity contribution in [2.24, 2.45) is 0 Å². The van der Waals surface area contributed by atoms with E-state index in [1.54, 1.807) is 6.07 Å². The number of nitrogens with zero attached hydrogens (tertiary/aromatic N) is 1. The maximum Gasteiger partial charge on any atom is 0.168 e. The molecule has 0 bridgehead atoms. The van der Waals surface area contributed by atoms with Gasteiger partial charge in [-0.1, -0.05) is 61.7 Å². The highest BCUT2D eigenvalue weighted by atomic mass is 16.1. The standard InChI is InChI=1S/C23H24N2O/c26-16-20-10-6-12-22(25-20)23-18(15-24-19-8-2-1-3-9-19)14-13-17-7-4-5-11-21(17)23/h4-7,10-14,16,19,24H,1-3,8-9,15H2. The van der Waals surface area contributed by atoms with E-state index in [1.165, 1.54) is 48.4 Å². The number of nitrogens with one attached hydrogen (secondary N) is 1. The van der Waals surface area contributed by atoms with Crippen molar-refractivity contribution in [2.75, 3.05) is 0 Å². The lowest BCUT2D eigenvalue weighted by molar-refractivity contribution is 0.111. The second-order valence-corrected chi connectivity index (χ2v) is 7.10. The minimum atomic E-state index is 0.474. The summed E-state index contributed by atoms with van der Waals surface area (Å²) in [7, 11) is 0. The van der Waals surface area contributed by atoms with Crippen LogP contribution in [-0.4, -0.2) is 17.3 Å². The Morgan fingerprint density at radius 1 is 0.962 bits per heavy atom. The van der Waals surface area contributed by atoms with Crippen LogP contribution < -0.4 is 5.32 Å². The predicted molar refractivity (Wildman–Crippen MR) is 106 cm³/mol. The monoisotopic (exact) mass is 344 g/mol. The molecule has 1 aliphatic rings. The fourth-order valence-electron chi connectivity index (χ4n) is 3.98. The molecule has 1 aliphatic carbocycles. The van der Waals surface area contributed by atoms with Crippen LogP contribution in [0.5, 0.6) is 0 Å². The van der Waals surface area contributed by atoms with Crippen LogP contribution >= 0.6 is 0 Å². The third-order valence-electron chi connectivity index (χ3n) is 5.35. The van der Waals surface area contributed by atoms with Crippen molar-refractivity contribution in [1.82, 2.24) is 10.3 Å². The third-order valence-corrected chi connectivity index (χ3v) is 5.35. The SMILES string of the molecule is O=Cc1cccc(-c2c(CNC3CCCCC3)ccc3ccccc23)n1. The maximum atomic E-state index is 11.2. The van der Waals surface area contributed by atoms with Gasteiger partial charge in [0.15, 0.2) is 6.29 Å². The Morgan fingerprint density at radius 2 is 1.81 bits per heavy atom. The number of rotatable bonds is 5. The van der Waals surface area contributed by atoms with E-state index in [0.717, 1.165) is 24.1 Å². The average molecular weight is 344 g/mol. The molecular weight excluding hydrogens is 320 g/mol. The molecular formula is C23H24N2O. The summed E-state index contributed by atoms with van der Waals surface area (Å²) < 4.78 is 0. The lowest BCUT2D eigenvalue weighted by atomic mass is 9.93. The van der Waals surface area contributed by atoms with Crippen LogP contribution in [0.1, 0.15) is 48.2 Å². The number of hydrogen-bond donors (Lipinski definition) is 1. The molecule has 1 aromatic heterocycles. The summed E-state index contributed by atoms with van der Waals surface area (Å²) in [4.78, 5) is 15.8. The Morgan fingerprint density at radius 3 is 2.65 bits per heavy atom. The highest BCUT2D eigenvalue weighted by Gasteiger charge is 2.15. The van der Waals surface area contributed by atoms with Crippen LogP contribution in [0.15, 0.2) is 54.6 Å². The largest absolute Gasteiger partial charge is 0.310 e. The van der Waals surface area contributed by atoms with Gasteiger partial charge in [-0.3, -0.25) is 4.79 Å². The number of carbonyl (C=O) groups is 1. The summed E-state index contributed by atoms with van der Waals surface area (Å²) in [6.07, 6.45) is 7.36. The zero-order valence-electron chi connectivity index (χ0n) is 14.9. The quantitative estimate of drug-likeness (QED) is 0.652. The molecule has 0 aliphatic heterocycles. The van der Waals surface area contributed by atoms with E-state index in [0.29, 0.717) is 11.7 Å². The summed E-state index contributed by atoms with van der Waals surface area (Å²) in [6.45, 7) is 0.831. The van der Waals surface area contributed by atoms with Gasteiger partial charge in [-0.2, -0.15) is 0 Å². The normalized spacial score (nSPS) is 15.2. The third kappa shape index (κ3) is 3.54. The first-order valence-electron chi connectivity index (χ1n) is 9.52. The topological polar surface area (TPSA) is 42.0 Å². The summed E-state index contributed by atoms with van der Waals surface area (Å²) >= 11 is 0. The molecule has 0 amide bonds. The molecule has 1 N–H and O–H groups in total. The van der Waals surface area contributed by atoms with Crippen molar-refractivity contribution in [1.29, 1.82) is 0 Å². The molecule has 2 aromatic carbocycles. The highest BCUT2D eigenvalue weighted by molar-refractivity contribution is 5.97. The average Bonchev–Trinajstić information content (AvgIpc) is 2.72. The molecule has 4 rings (SSSR count). The van der Waals surface area contributed by atoms with Gasteiger partial charge >= 0.3 is 0 Å². The van der Waals surface area contributed by atoms with E-state index in [4.69, 9.17) is 0 Å². The fourth-order valence-corrected chi connectivity index (χ4v) is 3.98. The zero-order valence-corrected chi connectivity index (χ0v) is 14.9. The molecule has 1 fully saturated rings. The van der Waals surface area contributed by atoms with Crippen LogP contribution in [0.3, 0.4) is 0 Å². The van der Waals surface area contributed by atoms with Gasteiger partial charge in [0, 0.05) is 18.2 Å². The zero-order chi connectivity index (χ0) is 17.8. The Bertz CT molecular complexity index is 913. The summed E-state index contributed by atoms with van der Waals surface area (Å²) in [5.41, 5.74) is 3.72. The Kier molecular flexibility index (Phi) is 5.07. The number of aldehydes is 1. The van der Waals surface area contributed by atoms with Crippen LogP contribution in [0.2, 0.25) is 0 Å². The van der Waals surface area contributed by atoms with E-state index in [-0.39, 0.29) is 0 Å². The molecule has 132 valence electrons. The molecule has 3 aromatic rings. The van der Waals surface area contributed by atoms with Crippen LogP contribution in [0, 0.1) is 0 Å². The van der Waals surface area contributed by atoms with E-state index < -0.39 is 0 Å². The van der Waals surface area contributed by atoms with Gasteiger partial charge in [0.05, 0.1) is 5.69 Å². The molecule has 0 saturated heterocycles. The fraction of sp³-hybridized carbons (Fsp3) is 0.304. The number of fused-ring (bicyclic) bond motifs is 1. The van der Waals surface area contributed by atoms with Crippen molar-refractivity contribution < 1.29 is 4.79 Å². The molecule has 26 heavy (non-hydrogen) atoms. The van der Waals surface area contributed by atoms with Crippen molar-refractivity contribution in [3.8, 4) is 11.3 Å². The first-order valence-corrected chi connectivity index (χ1v) is 9.52. The number of benzene rings is 2. The number of pyridine rings is 1. The number of hydrogen-bond acceptors (Lipinski definition) is 3. The first-order chi connectivity index (χ1) is 12.8. The van der Waals surface area contributed by atoms with E-state index in [2.05, 4.69) is 46.7 Å². The number of aromatic nitrogens is 1. The molecule has 1 saturated carbocycles. The lowest BCUT2D eigenvalue weighted by Gasteiger charge is -2.24. The summed E-state index contributed by atoms with van der Waals surface area (Å²) in [5, 5.41) is 6.13. The molecule has 0 spiro atoms. The molecule has 3 nitrogen and oxygen atoms in total. The molecule has 1 heterocycles. The highest BCUT2D eigenvalue weighted by Crippen LogP contribution is 2.31. The van der Waals surface area contributed by atoms with Gasteiger partial charge in [0.1, 0.15) is 5.69 Å². The minimum Gasteiger partial charge on any atom is -0.310 e. The van der Waals surface area contributed by atoms with Crippen LogP contribution in [0.4, 0.5) is 0 Å². The van der Waals surface area contributed by atoms with Crippen molar-refractivity contribution in [2.45, 2.75) is 44.7 Å². The summed E-state index contributed by atoms with van der Waals surface area (Å²) in [5.74, 6) is 0. The van der Waals surface area contributed by atoms with Gasteiger partial charge in [-0.25, -0.2) is 4.98 Å². The number of carbonyl (C=O) groups excluding carboxylic acids is 1. The Labute approximate surface area is 154 Å². The van der Waals surface area contributed by atoms with Crippen LogP contribution in [0.25, 0.3) is 22.0 Å². The van der Waals surface area contributed by atoms with Gasteiger partial charge in [0.2, 0.25) is 0 Å². The predicted octanol–water partition coefficient (Wildman–Crippen LogP) is 5.14. The van der Waals surface area contributed by atoms with Crippen molar-refractivity contribution in [3.63, 3.8) is 0 Å². The van der Waals surface area contributed by atoms with Crippen molar-refractivity contribution >= 4 is 17.1 Å². The van der Waals surface area contributed by atoms with E-state index in [1.807, 2.05) is 12.1 Å². The molecule has 0 atom stereocenters. The van der Waals surface area contributed by atoms with Gasteiger partial charge in [-0.15, -0.1) is 0 Å². The second-order valence-electron chi connectivity index (χ2n) is 7.10. The van der Waals surface area contributed by atoms with E-state index >= 15 is 0 Å². The van der Waals surface area contributed by atoms with Gasteiger partial charge < -0.3 is 5.32 Å². The second kappa shape index (κ2) is 7.79. The summed E-state index contributed by atoms with van der Waals surface area (Å²) in [6, 6.07) is 19.0. The first kappa shape index (κ1) is 16.9. The molecule has 3 heteroatoms. The van der Waals surface area contributed by atoms with Crippen LogP contribution in [-0.2, 0) is 6.54 Å². The maximum absolute atomic E-state index is 11.2. The Hall–Kier alpha value is -2.52. The van der Waals surface area contributed by atoms with Gasteiger partial charge in [0.25, 0.3) is 0 Å². The Balaban J connectivity index is 1.75. The van der Waals surface area contributed by atoms with Crippen molar-refractivity contribution in [3.05, 3.63) is 65.9 Å². The van der Waals surface area contributed by atoms with Gasteiger partial charge in [-0.05, 0) is 41.3 Å². The molecule has 0 unspecified atom stereocenters. The smallest absolute Gasteiger partial charge is 0.168 e. The minimum absolute atomic E-state index is 0.474. The van der Waals surface area contributed by atoms with E-state index in [9.17, 15) is 4.79 Å². The lowest BCUT2D eigenvalue weighted by Crippen LogP contribution is -2.30. The molecule has 0 radical (unpaired) electrons.